The lowest BCUT2D eigenvalue weighted by atomic mass is 9.81. The molecule has 0 fully saturated rings. The first-order valence-electron chi connectivity index (χ1n) is 9.55. The highest BCUT2D eigenvalue weighted by Gasteiger charge is 2.34. The number of hydrogen-bond acceptors (Lipinski definition) is 2. The minimum atomic E-state index is -2.29. The van der Waals surface area contributed by atoms with Gasteiger partial charge >= 0.3 is 0 Å². The molecule has 27 heavy (non-hydrogen) atoms. The zero-order valence-corrected chi connectivity index (χ0v) is 16.2. The number of alkyl halides is 2. The fourth-order valence-corrected chi connectivity index (χ4v) is 3.99. The van der Waals surface area contributed by atoms with E-state index in [-0.39, 0.29) is 24.3 Å². The molecule has 0 saturated carbocycles. The first kappa shape index (κ1) is 19.5. The number of carbonyl (C=O) groups excluding carboxylic acids is 1. The molecule has 1 aromatic heterocycles. The third-order valence-corrected chi connectivity index (χ3v) is 5.70. The summed E-state index contributed by atoms with van der Waals surface area (Å²) in [6.07, 6.45) is 0.663. The SMILES string of the molecule is Cc1c([C@H]2CN(C(=O)CCCCC(F)F)[C@@H](C)c3ccccc32)cnn1C. The van der Waals surface area contributed by atoms with Crippen molar-refractivity contribution in [1.82, 2.24) is 14.7 Å². The van der Waals surface area contributed by atoms with Crippen molar-refractivity contribution in [2.75, 3.05) is 6.54 Å². The van der Waals surface area contributed by atoms with E-state index in [2.05, 4.69) is 17.2 Å². The van der Waals surface area contributed by atoms with Gasteiger partial charge in [0.2, 0.25) is 12.3 Å². The third-order valence-electron chi connectivity index (χ3n) is 5.70. The average Bonchev–Trinajstić information content (AvgIpc) is 2.98. The van der Waals surface area contributed by atoms with E-state index in [1.807, 2.05) is 48.8 Å². The second kappa shape index (κ2) is 8.19. The van der Waals surface area contributed by atoms with E-state index in [1.54, 1.807) is 0 Å². The highest BCUT2D eigenvalue weighted by molar-refractivity contribution is 5.77. The Balaban J connectivity index is 1.83. The van der Waals surface area contributed by atoms with Crippen molar-refractivity contribution in [2.24, 2.45) is 7.05 Å². The van der Waals surface area contributed by atoms with Crippen molar-refractivity contribution < 1.29 is 13.6 Å². The number of unbranched alkanes of at least 4 members (excludes halogenated alkanes) is 1. The van der Waals surface area contributed by atoms with Gasteiger partial charge in [0, 0.05) is 43.6 Å². The van der Waals surface area contributed by atoms with Crippen LogP contribution in [0, 0.1) is 6.92 Å². The minimum Gasteiger partial charge on any atom is -0.335 e. The number of carbonyl (C=O) groups is 1. The molecule has 0 unspecified atom stereocenters. The Bertz CT molecular complexity index is 802. The number of aromatic nitrogens is 2. The Hall–Kier alpha value is -2.24. The highest BCUT2D eigenvalue weighted by atomic mass is 19.3. The molecular weight excluding hydrogens is 348 g/mol. The molecule has 0 aliphatic carbocycles. The summed E-state index contributed by atoms with van der Waals surface area (Å²) >= 11 is 0. The smallest absolute Gasteiger partial charge is 0.238 e. The van der Waals surface area contributed by atoms with Crippen molar-refractivity contribution >= 4 is 5.91 Å². The van der Waals surface area contributed by atoms with Gasteiger partial charge in [0.1, 0.15) is 0 Å². The maximum Gasteiger partial charge on any atom is 0.238 e. The van der Waals surface area contributed by atoms with Crippen molar-refractivity contribution in [3.05, 3.63) is 52.8 Å². The molecule has 1 aliphatic heterocycles. The molecule has 2 atom stereocenters. The Labute approximate surface area is 159 Å². The standard InChI is InChI=1S/C21H27F2N3O/c1-14-18(12-24-25(14)3)19-13-26(21(27)11-7-6-10-20(22)23)15(2)16-8-4-5-9-17(16)19/h4-5,8-9,12,15,19-20H,6-7,10-11,13H2,1-3H3/t15-,19-/m0/s1. The number of hydrogen-bond donors (Lipinski definition) is 0. The summed E-state index contributed by atoms with van der Waals surface area (Å²) in [5.74, 6) is 0.119. The molecule has 2 heterocycles. The Morgan fingerprint density at radius 3 is 2.56 bits per heavy atom. The predicted molar refractivity (Wildman–Crippen MR) is 101 cm³/mol. The number of benzene rings is 1. The van der Waals surface area contributed by atoms with Gasteiger partial charge in [0.25, 0.3) is 0 Å². The first-order valence-corrected chi connectivity index (χ1v) is 9.55. The molecule has 1 aromatic carbocycles. The molecule has 0 spiro atoms. The molecule has 1 aliphatic rings. The van der Waals surface area contributed by atoms with Crippen LogP contribution < -0.4 is 0 Å². The van der Waals surface area contributed by atoms with E-state index in [1.165, 1.54) is 5.56 Å². The molecule has 2 aromatic rings. The van der Waals surface area contributed by atoms with Crippen LogP contribution in [0.15, 0.2) is 30.5 Å². The van der Waals surface area contributed by atoms with Crippen molar-refractivity contribution in [2.45, 2.75) is 57.9 Å². The van der Waals surface area contributed by atoms with Gasteiger partial charge < -0.3 is 4.90 Å². The predicted octanol–water partition coefficient (Wildman–Crippen LogP) is 4.59. The maximum absolute atomic E-state index is 12.8. The molecular formula is C21H27F2N3O. The van der Waals surface area contributed by atoms with Crippen LogP contribution >= 0.6 is 0 Å². The molecule has 1 amide bonds. The number of halogens is 2. The summed E-state index contributed by atoms with van der Waals surface area (Å²) in [6, 6.07) is 8.23. The fourth-order valence-electron chi connectivity index (χ4n) is 3.99. The van der Waals surface area contributed by atoms with Crippen LogP contribution in [0.3, 0.4) is 0 Å². The Kier molecular flexibility index (Phi) is 5.92. The van der Waals surface area contributed by atoms with Crippen LogP contribution in [0.5, 0.6) is 0 Å². The van der Waals surface area contributed by atoms with Crippen LogP contribution in [0.1, 0.15) is 67.0 Å². The Morgan fingerprint density at radius 1 is 1.22 bits per heavy atom. The number of amides is 1. The molecule has 6 heteroatoms. The quantitative estimate of drug-likeness (QED) is 0.693. The van der Waals surface area contributed by atoms with E-state index in [0.29, 0.717) is 25.8 Å². The lowest BCUT2D eigenvalue weighted by molar-refractivity contribution is -0.134. The summed E-state index contributed by atoms with van der Waals surface area (Å²) in [5, 5.41) is 4.37. The molecule has 0 radical (unpaired) electrons. The maximum atomic E-state index is 12.8. The fraction of sp³-hybridized carbons (Fsp3) is 0.524. The van der Waals surface area contributed by atoms with Crippen LogP contribution in [-0.2, 0) is 11.8 Å². The summed E-state index contributed by atoms with van der Waals surface area (Å²) < 4.78 is 26.5. The molecule has 3 rings (SSSR count). The Morgan fingerprint density at radius 2 is 1.93 bits per heavy atom. The molecule has 0 bridgehead atoms. The van der Waals surface area contributed by atoms with Gasteiger partial charge in [0.15, 0.2) is 0 Å². The molecule has 146 valence electrons. The van der Waals surface area contributed by atoms with Gasteiger partial charge in [-0.15, -0.1) is 0 Å². The van der Waals surface area contributed by atoms with E-state index in [9.17, 15) is 13.6 Å². The van der Waals surface area contributed by atoms with Crippen molar-refractivity contribution in [1.29, 1.82) is 0 Å². The summed E-state index contributed by atoms with van der Waals surface area (Å²) in [6.45, 7) is 4.68. The third kappa shape index (κ3) is 4.04. The van der Waals surface area contributed by atoms with Crippen LogP contribution in [0.25, 0.3) is 0 Å². The highest BCUT2D eigenvalue weighted by Crippen LogP contribution is 2.40. The minimum absolute atomic E-state index is 0.0166. The summed E-state index contributed by atoms with van der Waals surface area (Å²) in [7, 11) is 1.92. The van der Waals surface area contributed by atoms with E-state index in [4.69, 9.17) is 0 Å². The van der Waals surface area contributed by atoms with Gasteiger partial charge in [-0.2, -0.15) is 5.10 Å². The topological polar surface area (TPSA) is 38.1 Å². The molecule has 0 saturated heterocycles. The zero-order valence-electron chi connectivity index (χ0n) is 16.2. The van der Waals surface area contributed by atoms with Crippen LogP contribution in [0.2, 0.25) is 0 Å². The molecule has 0 N–H and O–H groups in total. The van der Waals surface area contributed by atoms with E-state index >= 15 is 0 Å². The monoisotopic (exact) mass is 375 g/mol. The zero-order chi connectivity index (χ0) is 19.6. The average molecular weight is 375 g/mol. The van der Waals surface area contributed by atoms with Gasteiger partial charge in [-0.3, -0.25) is 9.48 Å². The summed E-state index contributed by atoms with van der Waals surface area (Å²) in [5.41, 5.74) is 4.61. The molecule has 4 nitrogen and oxygen atoms in total. The second-order valence-electron chi connectivity index (χ2n) is 7.35. The van der Waals surface area contributed by atoms with Gasteiger partial charge in [0.05, 0.1) is 12.2 Å². The number of nitrogens with zero attached hydrogens (tertiary/aromatic N) is 3. The van der Waals surface area contributed by atoms with E-state index in [0.717, 1.165) is 16.8 Å². The summed E-state index contributed by atoms with van der Waals surface area (Å²) in [4.78, 5) is 14.8. The van der Waals surface area contributed by atoms with Gasteiger partial charge in [-0.25, -0.2) is 8.78 Å². The van der Waals surface area contributed by atoms with Crippen LogP contribution in [-0.4, -0.2) is 33.6 Å². The number of rotatable bonds is 6. The lowest BCUT2D eigenvalue weighted by Gasteiger charge is -2.40. The number of aryl methyl sites for hydroxylation is 1. The first-order chi connectivity index (χ1) is 12.9. The number of fused-ring (bicyclic) bond motifs is 1. The lowest BCUT2D eigenvalue weighted by Crippen LogP contribution is -2.41. The second-order valence-corrected chi connectivity index (χ2v) is 7.35. The normalized spacial score (nSPS) is 19.4. The van der Waals surface area contributed by atoms with Crippen molar-refractivity contribution in [3.8, 4) is 0 Å². The van der Waals surface area contributed by atoms with E-state index < -0.39 is 6.43 Å². The van der Waals surface area contributed by atoms with Gasteiger partial charge in [-0.1, -0.05) is 24.3 Å². The van der Waals surface area contributed by atoms with Crippen molar-refractivity contribution in [3.63, 3.8) is 0 Å². The van der Waals surface area contributed by atoms with Gasteiger partial charge in [-0.05, 0) is 37.8 Å². The largest absolute Gasteiger partial charge is 0.335 e. The van der Waals surface area contributed by atoms with Crippen LogP contribution in [0.4, 0.5) is 8.78 Å².